The van der Waals surface area contributed by atoms with Crippen molar-refractivity contribution in [2.24, 2.45) is 0 Å². The van der Waals surface area contributed by atoms with Gasteiger partial charge in [0.05, 0.1) is 6.61 Å². The van der Waals surface area contributed by atoms with E-state index in [0.717, 1.165) is 0 Å². The first kappa shape index (κ1) is 14.0. The second kappa shape index (κ2) is 5.21. The first-order valence-corrected chi connectivity index (χ1v) is 4.76. The van der Waals surface area contributed by atoms with Crippen LogP contribution in [-0.2, 0) is 9.53 Å². The van der Waals surface area contributed by atoms with E-state index in [0.29, 0.717) is 12.5 Å². The molecule has 0 amide bonds. The summed E-state index contributed by atoms with van der Waals surface area (Å²) in [4.78, 5) is 11.0. The molecule has 0 heterocycles. The molecule has 0 spiro atoms. The van der Waals surface area contributed by atoms with Gasteiger partial charge in [-0.15, -0.1) is 0 Å². The summed E-state index contributed by atoms with van der Waals surface area (Å²) < 4.78 is 31.1. The van der Waals surface area contributed by atoms with E-state index in [4.69, 9.17) is 0 Å². The van der Waals surface area contributed by atoms with Crippen LogP contribution in [0.1, 0.15) is 26.7 Å². The Labute approximate surface area is 87.7 Å². The van der Waals surface area contributed by atoms with Crippen molar-refractivity contribution in [3.05, 3.63) is 12.7 Å². The van der Waals surface area contributed by atoms with Gasteiger partial charge in [-0.3, -0.25) is 0 Å². The van der Waals surface area contributed by atoms with Crippen LogP contribution in [-0.4, -0.2) is 29.2 Å². The number of ether oxygens (including phenoxy) is 1. The van der Waals surface area contributed by atoms with E-state index in [1.54, 1.807) is 6.92 Å². The quantitative estimate of drug-likeness (QED) is 0.551. The van der Waals surface area contributed by atoms with Crippen molar-refractivity contribution in [2.75, 3.05) is 6.61 Å². The normalized spacial score (nSPS) is 15.5. The molecule has 0 saturated heterocycles. The van der Waals surface area contributed by atoms with Gasteiger partial charge in [-0.05, 0) is 13.3 Å². The van der Waals surface area contributed by atoms with Crippen molar-refractivity contribution in [1.29, 1.82) is 0 Å². The molecule has 1 atom stereocenters. The molecule has 0 saturated carbocycles. The Bertz CT molecular complexity index is 241. The lowest BCUT2D eigenvalue weighted by molar-refractivity contribution is -0.203. The maximum atomic E-state index is 13.4. The Morgan fingerprint density at radius 1 is 1.53 bits per heavy atom. The summed E-state index contributed by atoms with van der Waals surface area (Å²) in [5.74, 6) is -5.68. The summed E-state index contributed by atoms with van der Waals surface area (Å²) in [5, 5.41) is 9.58. The largest absolute Gasteiger partial charge is 0.461 e. The monoisotopic (exact) mass is 222 g/mol. The molecule has 15 heavy (non-hydrogen) atoms. The summed E-state index contributed by atoms with van der Waals surface area (Å²) in [5.41, 5.74) is -2.53. The molecule has 3 nitrogen and oxygen atoms in total. The molecular weight excluding hydrogens is 206 g/mol. The lowest BCUT2D eigenvalue weighted by Crippen LogP contribution is -2.52. The Hall–Kier alpha value is -0.970. The molecule has 88 valence electrons. The van der Waals surface area contributed by atoms with E-state index in [-0.39, 0.29) is 13.0 Å². The summed E-state index contributed by atoms with van der Waals surface area (Å²) in [6.45, 7) is 6.00. The van der Waals surface area contributed by atoms with E-state index < -0.39 is 17.5 Å². The number of hydrogen-bond acceptors (Lipinski definition) is 3. The molecule has 0 rings (SSSR count). The van der Waals surface area contributed by atoms with Crippen LogP contribution in [0.5, 0.6) is 0 Å². The zero-order valence-electron chi connectivity index (χ0n) is 8.93. The van der Waals surface area contributed by atoms with Crippen molar-refractivity contribution >= 4 is 5.97 Å². The fraction of sp³-hybridized carbons (Fsp3) is 0.700. The Kier molecular flexibility index (Phi) is 4.87. The van der Waals surface area contributed by atoms with Crippen LogP contribution in [0.25, 0.3) is 0 Å². The van der Waals surface area contributed by atoms with Gasteiger partial charge < -0.3 is 9.84 Å². The zero-order valence-corrected chi connectivity index (χ0v) is 8.93. The fourth-order valence-electron chi connectivity index (χ4n) is 1.17. The average molecular weight is 222 g/mol. The highest BCUT2D eigenvalue weighted by atomic mass is 19.3. The number of carbonyl (C=O) groups excluding carboxylic acids is 1. The predicted octanol–water partition coefficient (Wildman–Crippen LogP) is 1.90. The summed E-state index contributed by atoms with van der Waals surface area (Å²) in [6.07, 6.45) is 0.743. The molecule has 0 bridgehead atoms. The van der Waals surface area contributed by atoms with Crippen molar-refractivity contribution in [1.82, 2.24) is 0 Å². The van der Waals surface area contributed by atoms with Crippen LogP contribution < -0.4 is 0 Å². The molecule has 5 heteroatoms. The molecule has 1 unspecified atom stereocenters. The third-order valence-electron chi connectivity index (χ3n) is 2.04. The minimum atomic E-state index is -3.96. The second-order valence-electron chi connectivity index (χ2n) is 3.17. The highest BCUT2D eigenvalue weighted by molar-refractivity contribution is 5.79. The lowest BCUT2D eigenvalue weighted by atomic mass is 9.90. The number of carbonyl (C=O) groups is 1. The fourth-order valence-corrected chi connectivity index (χ4v) is 1.17. The van der Waals surface area contributed by atoms with Gasteiger partial charge in [0.2, 0.25) is 0 Å². The number of hydrogen-bond donors (Lipinski definition) is 1. The molecule has 0 radical (unpaired) electrons. The molecule has 0 aliphatic rings. The topological polar surface area (TPSA) is 46.5 Å². The number of alkyl halides is 2. The standard InChI is InChI=1S/C10H16F2O3/c1-4-7-9(14,5-2)10(11,12)8(13)15-6-3/h5,14H,2,4,6-7H2,1,3H3. The average Bonchev–Trinajstić information content (AvgIpc) is 2.18. The maximum absolute atomic E-state index is 13.4. The van der Waals surface area contributed by atoms with Crippen molar-refractivity contribution in [3.63, 3.8) is 0 Å². The minimum absolute atomic E-state index is 0.159. The first-order chi connectivity index (χ1) is 6.85. The molecule has 0 fully saturated rings. The third-order valence-corrected chi connectivity index (χ3v) is 2.04. The van der Waals surface area contributed by atoms with E-state index in [2.05, 4.69) is 11.3 Å². The summed E-state index contributed by atoms with van der Waals surface area (Å²) >= 11 is 0. The molecule has 1 N–H and O–H groups in total. The summed E-state index contributed by atoms with van der Waals surface area (Å²) in [6, 6.07) is 0. The van der Waals surface area contributed by atoms with Crippen LogP contribution in [0.4, 0.5) is 8.78 Å². The first-order valence-electron chi connectivity index (χ1n) is 4.76. The highest BCUT2D eigenvalue weighted by Crippen LogP contribution is 2.34. The van der Waals surface area contributed by atoms with Crippen LogP contribution in [0.15, 0.2) is 12.7 Å². The van der Waals surface area contributed by atoms with Crippen molar-refractivity contribution in [2.45, 2.75) is 38.2 Å². The van der Waals surface area contributed by atoms with E-state index in [1.165, 1.54) is 6.92 Å². The number of aliphatic hydroxyl groups is 1. The van der Waals surface area contributed by atoms with Gasteiger partial charge in [0.1, 0.15) is 0 Å². The number of esters is 1. The molecule has 0 aromatic carbocycles. The van der Waals surface area contributed by atoms with Gasteiger partial charge >= 0.3 is 11.9 Å². The van der Waals surface area contributed by atoms with Crippen LogP contribution in [0.2, 0.25) is 0 Å². The number of rotatable bonds is 6. The minimum Gasteiger partial charge on any atom is -0.461 e. The van der Waals surface area contributed by atoms with Crippen LogP contribution in [0, 0.1) is 0 Å². The van der Waals surface area contributed by atoms with Gasteiger partial charge in [-0.25, -0.2) is 4.79 Å². The third kappa shape index (κ3) is 2.75. The Morgan fingerprint density at radius 3 is 2.40 bits per heavy atom. The molecule has 0 aromatic rings. The van der Waals surface area contributed by atoms with Crippen molar-refractivity contribution < 1.29 is 23.4 Å². The molecule has 0 aromatic heterocycles. The predicted molar refractivity (Wildman–Crippen MR) is 51.6 cm³/mol. The summed E-state index contributed by atoms with van der Waals surface area (Å²) in [7, 11) is 0. The highest BCUT2D eigenvalue weighted by Gasteiger charge is 2.57. The second-order valence-corrected chi connectivity index (χ2v) is 3.17. The van der Waals surface area contributed by atoms with Crippen LogP contribution in [0.3, 0.4) is 0 Å². The van der Waals surface area contributed by atoms with Gasteiger partial charge in [0, 0.05) is 0 Å². The van der Waals surface area contributed by atoms with Gasteiger partial charge in [-0.2, -0.15) is 8.78 Å². The van der Waals surface area contributed by atoms with Gasteiger partial charge in [0.25, 0.3) is 0 Å². The zero-order chi connectivity index (χ0) is 12.1. The SMILES string of the molecule is C=CC(O)(CCC)C(F)(F)C(=O)OCC. The van der Waals surface area contributed by atoms with E-state index in [9.17, 15) is 18.7 Å². The van der Waals surface area contributed by atoms with E-state index >= 15 is 0 Å². The maximum Gasteiger partial charge on any atom is 0.380 e. The van der Waals surface area contributed by atoms with E-state index in [1.807, 2.05) is 0 Å². The number of halogens is 2. The lowest BCUT2D eigenvalue weighted by Gasteiger charge is -2.30. The molecule has 0 aliphatic heterocycles. The molecule has 0 aliphatic carbocycles. The smallest absolute Gasteiger partial charge is 0.380 e. The van der Waals surface area contributed by atoms with Gasteiger partial charge in [-0.1, -0.05) is 26.0 Å². The van der Waals surface area contributed by atoms with Gasteiger partial charge in [0.15, 0.2) is 5.60 Å². The van der Waals surface area contributed by atoms with Crippen molar-refractivity contribution in [3.8, 4) is 0 Å². The molecular formula is C10H16F2O3. The van der Waals surface area contributed by atoms with Crippen LogP contribution >= 0.6 is 0 Å². The Morgan fingerprint density at radius 2 is 2.07 bits per heavy atom. The Balaban J connectivity index is 4.94.